The normalized spacial score (nSPS) is 20.8. The van der Waals surface area contributed by atoms with Crippen molar-refractivity contribution in [1.82, 2.24) is 0 Å². The van der Waals surface area contributed by atoms with Gasteiger partial charge in [-0.1, -0.05) is 0 Å². The Kier molecular flexibility index (Phi) is 3.40. The van der Waals surface area contributed by atoms with Crippen LogP contribution < -0.4 is 0 Å². The molecule has 6 heteroatoms. The maximum absolute atomic E-state index is 10.9. The zero-order chi connectivity index (χ0) is 9.03. The number of hydrogen-bond donors (Lipinski definition) is 1. The summed E-state index contributed by atoms with van der Waals surface area (Å²) in [6.45, 7) is 2.71. The average Bonchev–Trinajstić information content (AvgIpc) is 2.36. The molecule has 0 unspecified atom stereocenters. The van der Waals surface area contributed by atoms with Crippen molar-refractivity contribution in [3.63, 3.8) is 0 Å². The van der Waals surface area contributed by atoms with Gasteiger partial charge < -0.3 is 4.74 Å². The molecule has 0 amide bonds. The van der Waals surface area contributed by atoms with Crippen molar-refractivity contribution in [2.75, 3.05) is 26.0 Å². The van der Waals surface area contributed by atoms with Crippen molar-refractivity contribution in [3.8, 4) is 0 Å². The number of ether oxygens (including phenoxy) is 1. The predicted octanol–water partition coefficient (Wildman–Crippen LogP) is 0.351. The third-order valence-electron chi connectivity index (χ3n) is 1.30. The molecule has 5 nitrogen and oxygen atoms in total. The largest absolute Gasteiger partial charge is 0.463 e. The number of rotatable bonds is 3. The molecular formula is C6H12O5P+. The molecule has 1 rings (SSSR count). The Bertz CT molecular complexity index is 165. The molecule has 1 saturated heterocycles. The summed E-state index contributed by atoms with van der Waals surface area (Å²) in [6.07, 6.45) is -0.166. The van der Waals surface area contributed by atoms with Crippen LogP contribution in [-0.4, -0.2) is 36.8 Å². The molecule has 0 aliphatic carbocycles. The summed E-state index contributed by atoms with van der Waals surface area (Å²) in [7, 11) is -2.88. The highest BCUT2D eigenvalue weighted by Gasteiger charge is 2.48. The molecule has 1 aliphatic heterocycles. The van der Waals surface area contributed by atoms with Crippen LogP contribution in [0, 0.1) is 0 Å². The number of hydrogen-bond acceptors (Lipinski definition) is 5. The second kappa shape index (κ2) is 4.14. The quantitative estimate of drug-likeness (QED) is 0.520. The Morgan fingerprint density at radius 2 is 2.17 bits per heavy atom. The van der Waals surface area contributed by atoms with E-state index in [-0.39, 0.29) is 6.16 Å². The van der Waals surface area contributed by atoms with Gasteiger partial charge in [0.15, 0.2) is 0 Å². The first-order valence-electron chi connectivity index (χ1n) is 3.72. The van der Waals surface area contributed by atoms with Crippen LogP contribution in [0.25, 0.3) is 0 Å². The Morgan fingerprint density at radius 3 is 2.67 bits per heavy atom. The fourth-order valence-corrected chi connectivity index (χ4v) is 2.25. The molecule has 0 saturated carbocycles. The molecule has 12 heavy (non-hydrogen) atoms. The third-order valence-corrected chi connectivity index (χ3v) is 3.13. The van der Waals surface area contributed by atoms with Gasteiger partial charge in [0.25, 0.3) is 0 Å². The first kappa shape index (κ1) is 9.86. The molecule has 70 valence electrons. The van der Waals surface area contributed by atoms with Crippen LogP contribution >= 0.6 is 7.94 Å². The topological polar surface area (TPSA) is 65.0 Å². The van der Waals surface area contributed by atoms with Crippen LogP contribution in [-0.2, 0) is 18.6 Å². The molecule has 1 aliphatic rings. The summed E-state index contributed by atoms with van der Waals surface area (Å²) >= 11 is 0. The summed E-state index contributed by atoms with van der Waals surface area (Å²) < 4.78 is 14.4. The standard InChI is InChI=1S/C6H12O5P/c1-2-9-6(7)5-12(8)10-3-4-11-12/h8H,2-5H2,1H3/q+1. The summed E-state index contributed by atoms with van der Waals surface area (Å²) in [5.41, 5.74) is 0. The maximum atomic E-state index is 10.9. The lowest BCUT2D eigenvalue weighted by atomic mass is 10.8. The molecule has 0 bridgehead atoms. The molecule has 0 spiro atoms. The Labute approximate surface area is 71.2 Å². The lowest BCUT2D eigenvalue weighted by Gasteiger charge is -2.07. The number of carbonyl (C=O) groups is 1. The van der Waals surface area contributed by atoms with Crippen molar-refractivity contribution < 1.29 is 23.5 Å². The molecule has 0 aromatic rings. The first-order valence-corrected chi connectivity index (χ1v) is 5.48. The lowest BCUT2D eigenvalue weighted by Crippen LogP contribution is -2.13. The van der Waals surface area contributed by atoms with Gasteiger partial charge in [0, 0.05) is 0 Å². The Hall–Kier alpha value is -0.220. The zero-order valence-corrected chi connectivity index (χ0v) is 7.75. The highest BCUT2D eigenvalue weighted by molar-refractivity contribution is 7.61. The van der Waals surface area contributed by atoms with E-state index < -0.39 is 13.9 Å². The molecule has 0 aromatic carbocycles. The highest BCUT2D eigenvalue weighted by Crippen LogP contribution is 2.59. The van der Waals surface area contributed by atoms with Gasteiger partial charge >= 0.3 is 13.9 Å². The van der Waals surface area contributed by atoms with E-state index >= 15 is 0 Å². The van der Waals surface area contributed by atoms with E-state index in [2.05, 4.69) is 4.74 Å². The lowest BCUT2D eigenvalue weighted by molar-refractivity contribution is -0.140. The van der Waals surface area contributed by atoms with Gasteiger partial charge in [0.1, 0.15) is 13.2 Å². The maximum Gasteiger partial charge on any atom is 0.420 e. The molecule has 1 fully saturated rings. The predicted molar refractivity (Wildman–Crippen MR) is 42.5 cm³/mol. The fraction of sp³-hybridized carbons (Fsp3) is 0.833. The minimum absolute atomic E-state index is 0.166. The summed E-state index contributed by atoms with van der Waals surface area (Å²) in [6, 6.07) is 0. The van der Waals surface area contributed by atoms with E-state index in [0.29, 0.717) is 19.8 Å². The fourth-order valence-electron chi connectivity index (χ4n) is 0.858. The SMILES string of the molecule is CCOC(=O)C[P+]1(O)OCCO1. The highest BCUT2D eigenvalue weighted by atomic mass is 31.2. The van der Waals surface area contributed by atoms with Crippen LogP contribution in [0.5, 0.6) is 0 Å². The Balaban J connectivity index is 2.33. The monoisotopic (exact) mass is 195 g/mol. The molecule has 1 N–H and O–H groups in total. The van der Waals surface area contributed by atoms with Crippen LogP contribution in [0.15, 0.2) is 0 Å². The van der Waals surface area contributed by atoms with E-state index in [4.69, 9.17) is 9.05 Å². The molecule has 0 aromatic heterocycles. The number of esters is 1. The van der Waals surface area contributed by atoms with Gasteiger partial charge in [-0.25, -0.2) is 4.79 Å². The molecular weight excluding hydrogens is 183 g/mol. The van der Waals surface area contributed by atoms with Gasteiger partial charge in [0.2, 0.25) is 6.16 Å². The smallest absolute Gasteiger partial charge is 0.420 e. The van der Waals surface area contributed by atoms with Gasteiger partial charge in [-0.15, -0.1) is 0 Å². The van der Waals surface area contributed by atoms with E-state index in [1.807, 2.05) is 0 Å². The average molecular weight is 195 g/mol. The first-order chi connectivity index (χ1) is 5.66. The van der Waals surface area contributed by atoms with Crippen molar-refractivity contribution in [1.29, 1.82) is 0 Å². The molecule has 0 radical (unpaired) electrons. The van der Waals surface area contributed by atoms with Crippen molar-refractivity contribution in [3.05, 3.63) is 0 Å². The van der Waals surface area contributed by atoms with Crippen molar-refractivity contribution in [2.45, 2.75) is 6.92 Å². The second-order valence-corrected chi connectivity index (χ2v) is 4.37. The molecule has 0 atom stereocenters. The minimum atomic E-state index is -2.88. The second-order valence-electron chi connectivity index (χ2n) is 2.27. The van der Waals surface area contributed by atoms with Crippen LogP contribution in [0.4, 0.5) is 0 Å². The van der Waals surface area contributed by atoms with E-state index in [0.717, 1.165) is 0 Å². The third kappa shape index (κ3) is 2.68. The minimum Gasteiger partial charge on any atom is -0.463 e. The van der Waals surface area contributed by atoms with Crippen molar-refractivity contribution in [2.24, 2.45) is 0 Å². The van der Waals surface area contributed by atoms with E-state index in [1.54, 1.807) is 6.92 Å². The zero-order valence-electron chi connectivity index (χ0n) is 6.86. The summed E-state index contributed by atoms with van der Waals surface area (Å²) in [4.78, 5) is 20.3. The Morgan fingerprint density at radius 1 is 1.58 bits per heavy atom. The van der Waals surface area contributed by atoms with E-state index in [9.17, 15) is 9.69 Å². The summed E-state index contributed by atoms with van der Waals surface area (Å²) in [5, 5.41) is 0. The summed E-state index contributed by atoms with van der Waals surface area (Å²) in [5.74, 6) is -0.477. The van der Waals surface area contributed by atoms with Gasteiger partial charge in [-0.05, 0) is 6.92 Å². The van der Waals surface area contributed by atoms with Gasteiger partial charge in [0.05, 0.1) is 6.61 Å². The molecule has 1 heterocycles. The van der Waals surface area contributed by atoms with Crippen LogP contribution in [0.2, 0.25) is 0 Å². The van der Waals surface area contributed by atoms with Crippen LogP contribution in [0.1, 0.15) is 6.92 Å². The van der Waals surface area contributed by atoms with Crippen molar-refractivity contribution >= 4 is 13.9 Å². The van der Waals surface area contributed by atoms with E-state index in [1.165, 1.54) is 0 Å². The van der Waals surface area contributed by atoms with Crippen LogP contribution in [0.3, 0.4) is 0 Å². The van der Waals surface area contributed by atoms with Gasteiger partial charge in [-0.3, -0.25) is 0 Å². The number of carbonyl (C=O) groups excluding carboxylic acids is 1. The van der Waals surface area contributed by atoms with Gasteiger partial charge in [-0.2, -0.15) is 13.9 Å².